The fourth-order valence-electron chi connectivity index (χ4n) is 9.78. The van der Waals surface area contributed by atoms with Crippen molar-refractivity contribution in [2.45, 2.75) is 161 Å². The van der Waals surface area contributed by atoms with E-state index in [0.29, 0.717) is 24.0 Å². The SMILES string of the molecule is Cc1cc(C)c2c(c1)/C=C/C[C@@H]1OC(C)(C)O[C@@H]1C(=O)/C=C\[C@@H]1CCC[C@H]1OC2=O.Cc1cc(C)c2c(c1)/C=C/C[C@@H]1OC(C)(C)O[C@@H]1C(O)/C=C\[C@@H]1CCC[C@H]1OC2=O. The van der Waals surface area contributed by atoms with Gasteiger partial charge in [0.05, 0.1) is 23.3 Å². The molecule has 10 heteroatoms. The molecule has 2 aliphatic carbocycles. The number of aryl methyl sites for hydroxylation is 4. The number of aliphatic hydroxyl groups is 1. The first-order chi connectivity index (χ1) is 28.5. The number of hydrogen-bond acceptors (Lipinski definition) is 10. The van der Waals surface area contributed by atoms with Crippen molar-refractivity contribution in [1.82, 2.24) is 0 Å². The van der Waals surface area contributed by atoms with Crippen molar-refractivity contribution in [3.63, 3.8) is 0 Å². The van der Waals surface area contributed by atoms with E-state index in [1.54, 1.807) is 12.2 Å². The van der Waals surface area contributed by atoms with E-state index in [1.165, 1.54) is 0 Å². The average Bonchev–Trinajstić information content (AvgIpc) is 3.94. The molecule has 10 nitrogen and oxygen atoms in total. The molecule has 4 heterocycles. The fourth-order valence-corrected chi connectivity index (χ4v) is 9.78. The summed E-state index contributed by atoms with van der Waals surface area (Å²) >= 11 is 0. The minimum atomic E-state index is -0.805. The second kappa shape index (κ2) is 18.0. The number of ether oxygens (including phenoxy) is 6. The zero-order chi connectivity index (χ0) is 42.9. The van der Waals surface area contributed by atoms with Crippen LogP contribution >= 0.6 is 0 Å². The lowest BCUT2D eigenvalue weighted by molar-refractivity contribution is -0.152. The Kier molecular flexibility index (Phi) is 13.2. The second-order valence-electron chi connectivity index (χ2n) is 18.3. The Labute approximate surface area is 355 Å². The number of ketones is 1. The molecule has 9 atom stereocenters. The van der Waals surface area contributed by atoms with Crippen molar-refractivity contribution in [3.05, 3.63) is 105 Å². The normalized spacial score (nSPS) is 34.3. The van der Waals surface area contributed by atoms with Gasteiger partial charge in [-0.1, -0.05) is 77.9 Å². The number of fused-ring (bicyclic) bond motifs is 6. The molecule has 0 amide bonds. The first-order valence-electron chi connectivity index (χ1n) is 21.7. The molecule has 8 rings (SSSR count). The molecule has 6 aliphatic rings. The van der Waals surface area contributed by atoms with Crippen LogP contribution in [0.3, 0.4) is 0 Å². The number of esters is 2. The van der Waals surface area contributed by atoms with Crippen LogP contribution in [0.2, 0.25) is 0 Å². The van der Waals surface area contributed by atoms with Crippen molar-refractivity contribution in [2.24, 2.45) is 11.8 Å². The molecule has 1 unspecified atom stereocenters. The number of rotatable bonds is 0. The third kappa shape index (κ3) is 10.1. The van der Waals surface area contributed by atoms with Gasteiger partial charge in [-0.3, -0.25) is 4.79 Å². The van der Waals surface area contributed by atoms with Gasteiger partial charge in [0.15, 0.2) is 17.4 Å². The minimum Gasteiger partial charge on any atom is -0.458 e. The number of carbonyl (C=O) groups excluding carboxylic acids is 3. The standard InChI is InChI=1S/C25H32O5.C25H30O5/c2*1-15-13-16(2)22-18(14-15)8-6-10-21-23(30-25(3,4)29-21)19(26)12-11-17-7-5-9-20(17)28-24(22)27/h6,8,11-14,17,19-21,23,26H,5,7,9-10H2,1-4H3;6,8,11-14,17,20-21,23H,5,7,9-10H2,1-4H3/b2*8-6+,12-11-/t17-,19?,20+,21-,23+;17-,20+,21-,23+/m00/s1. The number of benzene rings is 2. The summed E-state index contributed by atoms with van der Waals surface area (Å²) in [4.78, 5) is 39.1. The molecular weight excluding hydrogens is 761 g/mol. The van der Waals surface area contributed by atoms with Crippen LogP contribution in [0.4, 0.5) is 0 Å². The van der Waals surface area contributed by atoms with Gasteiger partial charge in [0, 0.05) is 11.8 Å². The van der Waals surface area contributed by atoms with Crippen molar-refractivity contribution < 1.29 is 47.9 Å². The second-order valence-corrected chi connectivity index (χ2v) is 18.3. The Morgan fingerprint density at radius 1 is 0.567 bits per heavy atom. The zero-order valence-electron chi connectivity index (χ0n) is 36.4. The van der Waals surface area contributed by atoms with Gasteiger partial charge in [-0.2, -0.15) is 0 Å². The van der Waals surface area contributed by atoms with Crippen LogP contribution in [0.25, 0.3) is 12.2 Å². The van der Waals surface area contributed by atoms with Crippen molar-refractivity contribution in [1.29, 1.82) is 0 Å². The molecular formula is C50H62O10. The molecule has 0 spiro atoms. The summed E-state index contributed by atoms with van der Waals surface area (Å²) < 4.78 is 35.9. The Balaban J connectivity index is 0.000000181. The summed E-state index contributed by atoms with van der Waals surface area (Å²) in [6.45, 7) is 15.3. The van der Waals surface area contributed by atoms with Gasteiger partial charge < -0.3 is 33.5 Å². The van der Waals surface area contributed by atoms with Crippen molar-refractivity contribution in [3.8, 4) is 0 Å². The van der Waals surface area contributed by atoms with Crippen molar-refractivity contribution >= 4 is 29.9 Å². The first-order valence-corrected chi connectivity index (χ1v) is 21.7. The first kappa shape index (κ1) is 43.9. The summed E-state index contributed by atoms with van der Waals surface area (Å²) in [7, 11) is 0. The topological polar surface area (TPSA) is 127 Å². The maximum absolute atomic E-state index is 13.1. The lowest BCUT2D eigenvalue weighted by Gasteiger charge is -2.22. The Hall–Kier alpha value is -4.19. The van der Waals surface area contributed by atoms with Crippen LogP contribution in [0.1, 0.15) is 133 Å². The van der Waals surface area contributed by atoms with Crippen LogP contribution in [0, 0.1) is 39.5 Å². The van der Waals surface area contributed by atoms with Gasteiger partial charge in [0.1, 0.15) is 30.5 Å². The largest absolute Gasteiger partial charge is 0.458 e. The maximum Gasteiger partial charge on any atom is 0.339 e. The third-order valence-corrected chi connectivity index (χ3v) is 12.4. The van der Waals surface area contributed by atoms with E-state index in [1.807, 2.05) is 116 Å². The summed E-state index contributed by atoms with van der Waals surface area (Å²) in [5.41, 5.74) is 6.94. The van der Waals surface area contributed by atoms with E-state index in [9.17, 15) is 19.5 Å². The van der Waals surface area contributed by atoms with Gasteiger partial charge in [0.25, 0.3) is 0 Å². The quantitative estimate of drug-likeness (QED) is 0.203. The van der Waals surface area contributed by atoms with Crippen LogP contribution in [-0.4, -0.2) is 77.1 Å². The molecule has 1 N–H and O–H groups in total. The molecule has 0 bridgehead atoms. The highest BCUT2D eigenvalue weighted by Gasteiger charge is 2.45. The molecule has 2 aromatic rings. The summed E-state index contributed by atoms with van der Waals surface area (Å²) in [5.74, 6) is -2.06. The van der Waals surface area contributed by atoms with E-state index >= 15 is 0 Å². The molecule has 4 fully saturated rings. The molecule has 4 aliphatic heterocycles. The van der Waals surface area contributed by atoms with Gasteiger partial charge in [-0.05, 0) is 135 Å². The minimum absolute atomic E-state index is 0.0411. The highest BCUT2D eigenvalue weighted by Crippen LogP contribution is 2.37. The van der Waals surface area contributed by atoms with E-state index in [-0.39, 0.29) is 54.0 Å². The maximum atomic E-state index is 13.1. The summed E-state index contributed by atoms with van der Waals surface area (Å²) in [6, 6.07) is 8.04. The predicted octanol–water partition coefficient (Wildman–Crippen LogP) is 9.17. The molecule has 322 valence electrons. The monoisotopic (exact) mass is 822 g/mol. The molecule has 2 aromatic carbocycles. The Morgan fingerprint density at radius 2 is 1.07 bits per heavy atom. The van der Waals surface area contributed by atoms with E-state index in [0.717, 1.165) is 71.9 Å². The molecule has 2 saturated heterocycles. The lowest BCUT2D eigenvalue weighted by Crippen LogP contribution is -2.34. The van der Waals surface area contributed by atoms with Gasteiger partial charge in [-0.15, -0.1) is 0 Å². The van der Waals surface area contributed by atoms with Crippen LogP contribution < -0.4 is 0 Å². The molecule has 2 saturated carbocycles. The molecule has 0 radical (unpaired) electrons. The van der Waals surface area contributed by atoms with E-state index < -0.39 is 29.9 Å². The average molecular weight is 823 g/mol. The van der Waals surface area contributed by atoms with Crippen molar-refractivity contribution in [2.75, 3.05) is 0 Å². The van der Waals surface area contributed by atoms with Gasteiger partial charge in [-0.25, -0.2) is 9.59 Å². The highest BCUT2D eigenvalue weighted by atomic mass is 16.8. The molecule has 60 heavy (non-hydrogen) atoms. The van der Waals surface area contributed by atoms with Gasteiger partial charge >= 0.3 is 11.9 Å². The Morgan fingerprint density at radius 3 is 1.63 bits per heavy atom. The highest BCUT2D eigenvalue weighted by molar-refractivity contribution is 5.97. The number of hydrogen-bond donors (Lipinski definition) is 1. The van der Waals surface area contributed by atoms with Crippen LogP contribution in [-0.2, 0) is 33.2 Å². The predicted molar refractivity (Wildman–Crippen MR) is 229 cm³/mol. The lowest BCUT2D eigenvalue weighted by atomic mass is 9.96. The summed E-state index contributed by atoms with van der Waals surface area (Å²) in [5, 5.41) is 10.8. The van der Waals surface area contributed by atoms with E-state index in [4.69, 9.17) is 28.4 Å². The summed E-state index contributed by atoms with van der Waals surface area (Å²) in [6.07, 6.45) is 18.8. The number of carbonyl (C=O) groups is 3. The van der Waals surface area contributed by atoms with Crippen LogP contribution in [0.5, 0.6) is 0 Å². The smallest absolute Gasteiger partial charge is 0.339 e. The number of aliphatic hydroxyl groups excluding tert-OH is 1. The van der Waals surface area contributed by atoms with Crippen LogP contribution in [0.15, 0.2) is 60.7 Å². The Bertz CT molecular complexity index is 2070. The zero-order valence-corrected chi connectivity index (χ0v) is 36.4. The third-order valence-electron chi connectivity index (χ3n) is 12.4. The van der Waals surface area contributed by atoms with Gasteiger partial charge in [0.2, 0.25) is 0 Å². The van der Waals surface area contributed by atoms with E-state index in [2.05, 4.69) is 0 Å². The fraction of sp³-hybridized carbons (Fsp3) is 0.540. The molecule has 0 aromatic heterocycles.